The van der Waals surface area contributed by atoms with Crippen LogP contribution in [0.2, 0.25) is 0 Å². The lowest BCUT2D eigenvalue weighted by atomic mass is 10.1. The van der Waals surface area contributed by atoms with E-state index in [4.69, 9.17) is 29.5 Å². The molecule has 0 saturated heterocycles. The summed E-state index contributed by atoms with van der Waals surface area (Å²) in [7, 11) is 0. The Bertz CT molecular complexity index is 1490. The number of rotatable bonds is 27. The van der Waals surface area contributed by atoms with Crippen molar-refractivity contribution in [2.75, 3.05) is 19.8 Å². The van der Waals surface area contributed by atoms with Gasteiger partial charge in [0.1, 0.15) is 0 Å². The summed E-state index contributed by atoms with van der Waals surface area (Å²) in [5.74, 6) is -9.62. The molecular weight excluding hydrogens is 750 g/mol. The molecule has 0 unspecified atom stereocenters. The molecular formula is C45H66F6O6. The maximum Gasteiger partial charge on any atom is 0.204 e. The van der Waals surface area contributed by atoms with E-state index < -0.39 is 52.2 Å². The predicted molar refractivity (Wildman–Crippen MR) is 215 cm³/mol. The molecule has 0 amide bonds. The molecule has 3 rings (SSSR count). The Morgan fingerprint density at radius 1 is 0.316 bits per heavy atom. The van der Waals surface area contributed by atoms with Gasteiger partial charge in [-0.25, -0.2) is 0 Å². The van der Waals surface area contributed by atoms with Crippen LogP contribution in [0.4, 0.5) is 26.3 Å². The van der Waals surface area contributed by atoms with Crippen LogP contribution in [0.15, 0.2) is 36.4 Å². The van der Waals surface area contributed by atoms with E-state index in [-0.39, 0.29) is 17.2 Å². The van der Waals surface area contributed by atoms with Crippen molar-refractivity contribution in [2.45, 2.75) is 156 Å². The van der Waals surface area contributed by atoms with Crippen LogP contribution in [0.5, 0.6) is 34.5 Å². The second-order valence-corrected chi connectivity index (χ2v) is 14.0. The van der Waals surface area contributed by atoms with Crippen molar-refractivity contribution in [1.82, 2.24) is 0 Å². The molecule has 0 fully saturated rings. The minimum absolute atomic E-state index is 0.136. The van der Waals surface area contributed by atoms with Gasteiger partial charge in [-0.1, -0.05) is 136 Å². The number of phenolic OH excluding ortho intramolecular Hbond substituents is 3. The number of unbranched alkanes of at least 4 members (excludes halogenated alkanes) is 18. The SMILES string of the molecule is CCCCCCCCCCOc1ccc(O)c(F)c1F.CCCCCCCCCOc1ccc(O)c(F)c1F.CCCCCCCCOc1ccc(O)c(F)c1F. The number of ether oxygens (including phenoxy) is 3. The third-order valence-electron chi connectivity index (χ3n) is 9.10. The summed E-state index contributed by atoms with van der Waals surface area (Å²) in [5, 5.41) is 26.9. The van der Waals surface area contributed by atoms with Crippen LogP contribution in [0.25, 0.3) is 0 Å². The average molecular weight is 817 g/mol. The van der Waals surface area contributed by atoms with E-state index in [0.717, 1.165) is 76.0 Å². The van der Waals surface area contributed by atoms with Gasteiger partial charge in [-0.2, -0.15) is 26.3 Å². The molecule has 0 heterocycles. The summed E-state index contributed by atoms with van der Waals surface area (Å²) in [4.78, 5) is 0. The van der Waals surface area contributed by atoms with Crippen LogP contribution in [-0.2, 0) is 0 Å². The molecule has 0 radical (unpaired) electrons. The van der Waals surface area contributed by atoms with Crippen molar-refractivity contribution in [3.8, 4) is 34.5 Å². The molecule has 6 nitrogen and oxygen atoms in total. The van der Waals surface area contributed by atoms with E-state index >= 15 is 0 Å². The van der Waals surface area contributed by atoms with Crippen molar-refractivity contribution < 1.29 is 55.9 Å². The quantitative estimate of drug-likeness (QED) is 0.0525. The summed E-state index contributed by atoms with van der Waals surface area (Å²) >= 11 is 0. The first kappa shape index (κ1) is 51.1. The first-order valence-electron chi connectivity index (χ1n) is 20.9. The summed E-state index contributed by atoms with van der Waals surface area (Å²) < 4.78 is 94.6. The Kier molecular flexibility index (Phi) is 28.7. The van der Waals surface area contributed by atoms with E-state index in [1.54, 1.807) is 0 Å². The average Bonchev–Trinajstić information content (AvgIpc) is 3.21. The monoisotopic (exact) mass is 816 g/mol. The highest BCUT2D eigenvalue weighted by Gasteiger charge is 2.15. The molecule has 0 aromatic heterocycles. The molecule has 0 saturated carbocycles. The van der Waals surface area contributed by atoms with Gasteiger partial charge < -0.3 is 29.5 Å². The highest BCUT2D eigenvalue weighted by atomic mass is 19.2. The Balaban J connectivity index is 0.000000428. The summed E-state index contributed by atoms with van der Waals surface area (Å²) in [6, 6.07) is 7.02. The van der Waals surface area contributed by atoms with Crippen LogP contribution < -0.4 is 14.2 Å². The van der Waals surface area contributed by atoms with Gasteiger partial charge in [-0.3, -0.25) is 0 Å². The van der Waals surface area contributed by atoms with E-state index in [1.807, 2.05) is 0 Å². The van der Waals surface area contributed by atoms with Gasteiger partial charge in [-0.05, 0) is 55.7 Å². The lowest BCUT2D eigenvalue weighted by molar-refractivity contribution is 0.281. The first-order chi connectivity index (χ1) is 27.5. The van der Waals surface area contributed by atoms with Gasteiger partial charge in [0, 0.05) is 0 Å². The van der Waals surface area contributed by atoms with Gasteiger partial charge in [0.15, 0.2) is 34.5 Å². The molecule has 3 aromatic rings. The van der Waals surface area contributed by atoms with Crippen molar-refractivity contribution >= 4 is 0 Å². The van der Waals surface area contributed by atoms with E-state index in [9.17, 15) is 26.3 Å². The number of hydrogen-bond acceptors (Lipinski definition) is 6. The molecule has 0 aliphatic carbocycles. The fraction of sp³-hybridized carbons (Fsp3) is 0.600. The minimum atomic E-state index is -1.25. The minimum Gasteiger partial charge on any atom is -0.505 e. The maximum atomic E-state index is 13.4. The zero-order chi connectivity index (χ0) is 42.3. The van der Waals surface area contributed by atoms with E-state index in [0.29, 0.717) is 19.8 Å². The lowest BCUT2D eigenvalue weighted by Gasteiger charge is -2.08. The standard InChI is InChI=1S/C16H24F2O2.C15H22F2O2.C14H20F2O2/c1-2-3-4-5-6-7-8-9-12-20-14-11-10-13(19)15(17)16(14)18;1-2-3-4-5-6-7-8-11-19-13-10-9-12(18)14(16)15(13)17;1-2-3-4-5-6-7-10-18-12-9-8-11(17)13(15)14(12)16/h10-11,19H,2-9,12H2,1H3;9-10,18H,2-8,11H2,1H3;8-9,17H,2-7,10H2,1H3. The predicted octanol–water partition coefficient (Wildman–Crippen LogP) is 14.4. The van der Waals surface area contributed by atoms with E-state index in [2.05, 4.69) is 20.8 Å². The van der Waals surface area contributed by atoms with Gasteiger partial charge in [0.25, 0.3) is 0 Å². The number of phenols is 3. The number of halogens is 6. The Labute approximate surface area is 336 Å². The van der Waals surface area contributed by atoms with E-state index in [1.165, 1.54) is 95.2 Å². The van der Waals surface area contributed by atoms with Crippen molar-refractivity contribution in [1.29, 1.82) is 0 Å². The number of benzene rings is 3. The van der Waals surface area contributed by atoms with Crippen molar-refractivity contribution in [3.63, 3.8) is 0 Å². The zero-order valence-electron chi connectivity index (χ0n) is 34.3. The third kappa shape index (κ3) is 22.0. The largest absolute Gasteiger partial charge is 0.505 e. The second kappa shape index (κ2) is 32.0. The molecule has 12 heteroatoms. The molecule has 3 N–H and O–H groups in total. The Morgan fingerprint density at radius 2 is 0.526 bits per heavy atom. The summed E-state index contributed by atoms with van der Waals surface area (Å²) in [6.07, 6.45) is 24.0. The van der Waals surface area contributed by atoms with Crippen LogP contribution in [0, 0.1) is 34.9 Å². The summed E-state index contributed by atoms with van der Waals surface area (Å²) in [5.41, 5.74) is 0. The number of hydrogen-bond donors (Lipinski definition) is 3. The van der Waals surface area contributed by atoms with Gasteiger partial charge in [-0.15, -0.1) is 0 Å². The first-order valence-corrected chi connectivity index (χ1v) is 20.9. The number of aromatic hydroxyl groups is 3. The van der Waals surface area contributed by atoms with Gasteiger partial charge >= 0.3 is 0 Å². The van der Waals surface area contributed by atoms with Crippen molar-refractivity contribution in [2.24, 2.45) is 0 Å². The maximum absolute atomic E-state index is 13.4. The molecule has 0 spiro atoms. The molecule has 0 atom stereocenters. The molecule has 57 heavy (non-hydrogen) atoms. The van der Waals surface area contributed by atoms with Gasteiger partial charge in [0.2, 0.25) is 34.9 Å². The smallest absolute Gasteiger partial charge is 0.204 e. The van der Waals surface area contributed by atoms with Crippen molar-refractivity contribution in [3.05, 3.63) is 71.3 Å². The molecule has 324 valence electrons. The topological polar surface area (TPSA) is 88.4 Å². The zero-order valence-corrected chi connectivity index (χ0v) is 34.3. The normalized spacial score (nSPS) is 10.7. The molecule has 0 aliphatic heterocycles. The van der Waals surface area contributed by atoms with Crippen LogP contribution >= 0.6 is 0 Å². The van der Waals surface area contributed by atoms with Crippen LogP contribution in [0.1, 0.15) is 156 Å². The highest BCUT2D eigenvalue weighted by molar-refractivity contribution is 5.35. The summed E-state index contributed by atoms with van der Waals surface area (Å²) in [6.45, 7) is 7.64. The fourth-order valence-corrected chi connectivity index (χ4v) is 5.62. The van der Waals surface area contributed by atoms with Gasteiger partial charge in [0.05, 0.1) is 19.8 Å². The second-order valence-electron chi connectivity index (χ2n) is 14.0. The molecule has 0 bridgehead atoms. The third-order valence-corrected chi connectivity index (χ3v) is 9.10. The van der Waals surface area contributed by atoms with Crippen LogP contribution in [-0.4, -0.2) is 35.1 Å². The Hall–Kier alpha value is -3.96. The lowest BCUT2D eigenvalue weighted by Crippen LogP contribution is -2.00. The Morgan fingerprint density at radius 3 is 0.754 bits per heavy atom. The molecule has 3 aromatic carbocycles. The fourth-order valence-electron chi connectivity index (χ4n) is 5.62. The molecule has 0 aliphatic rings. The highest BCUT2D eigenvalue weighted by Crippen LogP contribution is 2.29. The van der Waals surface area contributed by atoms with Crippen LogP contribution in [0.3, 0.4) is 0 Å².